The molecule has 0 aliphatic heterocycles. The van der Waals surface area contributed by atoms with Crippen molar-refractivity contribution in [1.29, 1.82) is 0 Å². The van der Waals surface area contributed by atoms with Crippen LogP contribution in [0.2, 0.25) is 0 Å². The number of nitrogens with one attached hydrogen (secondary N) is 1. The summed E-state index contributed by atoms with van der Waals surface area (Å²) in [5.41, 5.74) is 0. The number of rotatable bonds is 62. The lowest BCUT2D eigenvalue weighted by Gasteiger charge is -2.20. The van der Waals surface area contributed by atoms with Gasteiger partial charge in [-0.05, 0) is 77.0 Å². The molecule has 0 aromatic carbocycles. The van der Waals surface area contributed by atoms with Crippen molar-refractivity contribution in [3.05, 3.63) is 60.8 Å². The van der Waals surface area contributed by atoms with Crippen molar-refractivity contribution >= 4 is 11.9 Å². The summed E-state index contributed by atoms with van der Waals surface area (Å²) in [7, 11) is 0. The van der Waals surface area contributed by atoms with Gasteiger partial charge in [-0.1, -0.05) is 319 Å². The van der Waals surface area contributed by atoms with Crippen LogP contribution in [0, 0.1) is 0 Å². The number of aliphatic hydroxyl groups excluding tert-OH is 2. The average molecular weight is 1060 g/mol. The fourth-order valence-corrected chi connectivity index (χ4v) is 10.2. The van der Waals surface area contributed by atoms with Crippen LogP contribution in [0.15, 0.2) is 60.8 Å². The van der Waals surface area contributed by atoms with Gasteiger partial charge in [-0.3, -0.25) is 9.59 Å². The highest BCUT2D eigenvalue weighted by molar-refractivity contribution is 5.76. The molecule has 3 N–H and O–H groups in total. The molecule has 0 spiro atoms. The second-order valence-electron chi connectivity index (χ2n) is 22.8. The Labute approximate surface area is 473 Å². The van der Waals surface area contributed by atoms with Crippen molar-refractivity contribution in [2.24, 2.45) is 0 Å². The van der Waals surface area contributed by atoms with Crippen molar-refractivity contribution in [2.45, 2.75) is 360 Å². The SMILES string of the molecule is CCC/C=C\C/C=C\CCCCCCCC(=O)OCC/C=C\C/C=C\CCCCCCCCCCCCCCCCC(=O)NC(CO)C(O)/C=C/CCCCCCCCCCCCCCCCCCCCCCCCC. The van der Waals surface area contributed by atoms with Crippen LogP contribution in [-0.4, -0.2) is 47.4 Å². The summed E-state index contributed by atoms with van der Waals surface area (Å²) >= 11 is 0. The topological polar surface area (TPSA) is 95.9 Å². The molecule has 0 bridgehead atoms. The maximum atomic E-state index is 12.5. The number of carbonyl (C=O) groups excluding carboxylic acids is 2. The molecule has 0 fully saturated rings. The molecule has 0 aromatic heterocycles. The predicted octanol–water partition coefficient (Wildman–Crippen LogP) is 21.5. The maximum absolute atomic E-state index is 12.5. The molecule has 1 amide bonds. The summed E-state index contributed by atoms with van der Waals surface area (Å²) < 4.78 is 5.40. The maximum Gasteiger partial charge on any atom is 0.305 e. The number of hydrogen-bond acceptors (Lipinski definition) is 5. The molecule has 2 atom stereocenters. The Morgan fingerprint density at radius 2 is 0.684 bits per heavy atom. The Morgan fingerprint density at radius 1 is 0.368 bits per heavy atom. The molecule has 0 rings (SSSR count). The van der Waals surface area contributed by atoms with E-state index in [-0.39, 0.29) is 18.5 Å². The molecule has 6 nitrogen and oxygen atoms in total. The van der Waals surface area contributed by atoms with Crippen molar-refractivity contribution in [3.8, 4) is 0 Å². The number of ether oxygens (including phenoxy) is 1. The summed E-state index contributed by atoms with van der Waals surface area (Å²) in [4.78, 5) is 24.5. The van der Waals surface area contributed by atoms with Crippen LogP contribution in [0.25, 0.3) is 0 Å². The van der Waals surface area contributed by atoms with Gasteiger partial charge in [0, 0.05) is 12.8 Å². The standard InChI is InChI=1S/C70H129NO5/c1-3-5-7-9-11-13-15-17-18-19-20-21-22-23-24-26-29-32-35-39-42-46-50-54-58-62-68(73)67(66-72)71-69(74)63-59-55-51-47-43-40-36-33-30-27-25-28-31-34-37-41-45-49-53-57-61-65-76-70(75)64-60-56-52-48-44-38-16-14-12-10-8-6-4-2/h8,10,14,16,41,45,53,57-58,62,67-68,72-73H,3-7,9,11-13,15,17-40,42-44,46-52,54-56,59-61,63-66H2,1-2H3,(H,71,74)/b10-8-,16-14-,45-41-,57-53-,62-58+. The van der Waals surface area contributed by atoms with Gasteiger partial charge in [-0.15, -0.1) is 0 Å². The zero-order valence-corrected chi connectivity index (χ0v) is 50.7. The third-order valence-electron chi connectivity index (χ3n) is 15.3. The van der Waals surface area contributed by atoms with Gasteiger partial charge < -0.3 is 20.3 Å². The van der Waals surface area contributed by atoms with Gasteiger partial charge in [0.2, 0.25) is 5.91 Å². The molecule has 6 heteroatoms. The smallest absolute Gasteiger partial charge is 0.305 e. The minimum Gasteiger partial charge on any atom is -0.465 e. The van der Waals surface area contributed by atoms with E-state index in [0.717, 1.165) is 64.2 Å². The van der Waals surface area contributed by atoms with Gasteiger partial charge in [0.05, 0.1) is 25.4 Å². The third-order valence-corrected chi connectivity index (χ3v) is 15.3. The van der Waals surface area contributed by atoms with E-state index in [1.807, 2.05) is 6.08 Å². The first kappa shape index (κ1) is 73.6. The zero-order chi connectivity index (χ0) is 55.0. The Hall–Kier alpha value is -2.44. The monoisotopic (exact) mass is 1060 g/mol. The molecule has 0 saturated carbocycles. The highest BCUT2D eigenvalue weighted by Crippen LogP contribution is 2.18. The summed E-state index contributed by atoms with van der Waals surface area (Å²) in [6.07, 6.45) is 85.8. The Kier molecular flexibility index (Phi) is 63.0. The fraction of sp³-hybridized carbons (Fsp3) is 0.829. The highest BCUT2D eigenvalue weighted by atomic mass is 16.5. The van der Waals surface area contributed by atoms with E-state index >= 15 is 0 Å². The lowest BCUT2D eigenvalue weighted by atomic mass is 10.0. The fourth-order valence-electron chi connectivity index (χ4n) is 10.2. The molecule has 0 heterocycles. The third kappa shape index (κ3) is 60.8. The van der Waals surface area contributed by atoms with Crippen LogP contribution < -0.4 is 5.32 Å². The second-order valence-corrected chi connectivity index (χ2v) is 22.8. The molecule has 0 aromatic rings. The van der Waals surface area contributed by atoms with Crippen molar-refractivity contribution < 1.29 is 24.5 Å². The van der Waals surface area contributed by atoms with E-state index in [9.17, 15) is 19.8 Å². The zero-order valence-electron chi connectivity index (χ0n) is 50.7. The molecule has 0 radical (unpaired) electrons. The number of unbranched alkanes of at least 4 members (excludes halogenated alkanes) is 43. The summed E-state index contributed by atoms with van der Waals surface area (Å²) in [5, 5.41) is 23.3. The molecular formula is C70H129NO5. The minimum absolute atomic E-state index is 0.0514. The van der Waals surface area contributed by atoms with Gasteiger partial charge in [0.15, 0.2) is 0 Å². The van der Waals surface area contributed by atoms with Crippen LogP contribution in [0.5, 0.6) is 0 Å². The number of allylic oxidation sites excluding steroid dienone is 8. The minimum atomic E-state index is -0.851. The van der Waals surface area contributed by atoms with Crippen LogP contribution in [0.3, 0.4) is 0 Å². The van der Waals surface area contributed by atoms with E-state index in [0.29, 0.717) is 19.4 Å². The van der Waals surface area contributed by atoms with E-state index in [2.05, 4.69) is 67.8 Å². The Bertz CT molecular complexity index is 1320. The lowest BCUT2D eigenvalue weighted by Crippen LogP contribution is -2.45. The molecule has 2 unspecified atom stereocenters. The van der Waals surface area contributed by atoms with Crippen LogP contribution >= 0.6 is 0 Å². The lowest BCUT2D eigenvalue weighted by molar-refractivity contribution is -0.143. The van der Waals surface area contributed by atoms with E-state index in [1.165, 1.54) is 257 Å². The number of hydrogen-bond donors (Lipinski definition) is 3. The first-order chi connectivity index (χ1) is 37.5. The summed E-state index contributed by atoms with van der Waals surface area (Å²) in [5.74, 6) is -0.122. The molecule has 0 saturated heterocycles. The second kappa shape index (κ2) is 65.1. The van der Waals surface area contributed by atoms with Gasteiger partial charge in [-0.25, -0.2) is 0 Å². The molecule has 76 heavy (non-hydrogen) atoms. The predicted molar refractivity (Wildman–Crippen MR) is 333 cm³/mol. The molecular weight excluding hydrogens is 935 g/mol. The van der Waals surface area contributed by atoms with Crippen molar-refractivity contribution in [3.63, 3.8) is 0 Å². The largest absolute Gasteiger partial charge is 0.465 e. The number of carbonyl (C=O) groups is 2. The van der Waals surface area contributed by atoms with Gasteiger partial charge >= 0.3 is 5.97 Å². The Morgan fingerprint density at radius 3 is 1.05 bits per heavy atom. The number of esters is 1. The first-order valence-electron chi connectivity index (χ1n) is 33.6. The summed E-state index contributed by atoms with van der Waals surface area (Å²) in [6, 6.07) is -0.635. The normalized spacial score (nSPS) is 12.9. The quantitative estimate of drug-likeness (QED) is 0.0320. The number of amides is 1. The van der Waals surface area contributed by atoms with Crippen molar-refractivity contribution in [1.82, 2.24) is 5.32 Å². The van der Waals surface area contributed by atoms with Gasteiger partial charge in [0.1, 0.15) is 0 Å². The van der Waals surface area contributed by atoms with Crippen LogP contribution in [0.1, 0.15) is 348 Å². The van der Waals surface area contributed by atoms with Crippen LogP contribution in [-0.2, 0) is 14.3 Å². The molecule has 444 valence electrons. The number of aliphatic hydroxyl groups is 2. The van der Waals surface area contributed by atoms with E-state index in [1.54, 1.807) is 6.08 Å². The molecule has 0 aliphatic rings. The first-order valence-corrected chi connectivity index (χ1v) is 33.6. The van der Waals surface area contributed by atoms with Gasteiger partial charge in [0.25, 0.3) is 0 Å². The van der Waals surface area contributed by atoms with Crippen molar-refractivity contribution in [2.75, 3.05) is 13.2 Å². The van der Waals surface area contributed by atoms with Crippen LogP contribution in [0.4, 0.5) is 0 Å². The van der Waals surface area contributed by atoms with Gasteiger partial charge in [-0.2, -0.15) is 0 Å². The Balaban J connectivity index is 3.49. The average Bonchev–Trinajstić information content (AvgIpc) is 3.42. The highest BCUT2D eigenvalue weighted by Gasteiger charge is 2.18. The van der Waals surface area contributed by atoms with E-state index in [4.69, 9.17) is 4.74 Å². The summed E-state index contributed by atoms with van der Waals surface area (Å²) in [6.45, 7) is 4.74. The molecule has 0 aliphatic carbocycles. The van der Waals surface area contributed by atoms with E-state index < -0.39 is 12.1 Å².